The van der Waals surface area contributed by atoms with Crippen molar-refractivity contribution in [1.29, 1.82) is 0 Å². The van der Waals surface area contributed by atoms with Crippen molar-refractivity contribution in [3.8, 4) is 5.75 Å². The maximum absolute atomic E-state index is 5.20. The van der Waals surface area contributed by atoms with Crippen LogP contribution in [-0.2, 0) is 0 Å². The molecule has 1 aromatic carbocycles. The van der Waals surface area contributed by atoms with Crippen LogP contribution in [0.3, 0.4) is 0 Å². The molecular formula is C15H25NO. The van der Waals surface area contributed by atoms with Crippen molar-refractivity contribution in [2.24, 2.45) is 0 Å². The molecule has 1 aromatic rings. The normalized spacial score (nSPS) is 12.4. The minimum absolute atomic E-state index is 0.0901. The number of ether oxygens (including phenoxy) is 1. The fourth-order valence-electron chi connectivity index (χ4n) is 2.51. The predicted octanol–water partition coefficient (Wildman–Crippen LogP) is 4.10. The SMILES string of the molecule is COc1ccc(N(C(C)(C)C)C(C)(C)C)cc1. The molecule has 0 aliphatic rings. The van der Waals surface area contributed by atoms with Crippen molar-refractivity contribution >= 4 is 5.69 Å². The highest BCUT2D eigenvalue weighted by molar-refractivity contribution is 5.53. The smallest absolute Gasteiger partial charge is 0.119 e. The van der Waals surface area contributed by atoms with Crippen molar-refractivity contribution < 1.29 is 4.74 Å². The third-order valence-electron chi connectivity index (χ3n) is 2.67. The zero-order valence-electron chi connectivity index (χ0n) is 12.2. The maximum Gasteiger partial charge on any atom is 0.119 e. The second-order valence-electron chi connectivity index (χ2n) is 6.38. The molecule has 0 aliphatic carbocycles. The topological polar surface area (TPSA) is 12.5 Å². The average Bonchev–Trinajstić information content (AvgIpc) is 2.14. The Morgan fingerprint density at radius 1 is 0.824 bits per heavy atom. The summed E-state index contributed by atoms with van der Waals surface area (Å²) in [4.78, 5) is 2.43. The fourth-order valence-corrected chi connectivity index (χ4v) is 2.51. The van der Waals surface area contributed by atoms with E-state index in [1.807, 2.05) is 12.1 Å². The van der Waals surface area contributed by atoms with Crippen LogP contribution in [0.1, 0.15) is 41.5 Å². The van der Waals surface area contributed by atoms with Gasteiger partial charge in [-0.25, -0.2) is 0 Å². The fraction of sp³-hybridized carbons (Fsp3) is 0.600. The summed E-state index contributed by atoms with van der Waals surface area (Å²) in [6, 6.07) is 8.27. The van der Waals surface area contributed by atoms with Crippen LogP contribution in [0.5, 0.6) is 5.75 Å². The Morgan fingerprint density at radius 2 is 1.24 bits per heavy atom. The van der Waals surface area contributed by atoms with Gasteiger partial charge < -0.3 is 9.64 Å². The maximum atomic E-state index is 5.20. The first-order valence-corrected chi connectivity index (χ1v) is 6.10. The Hall–Kier alpha value is -1.18. The summed E-state index contributed by atoms with van der Waals surface area (Å²) < 4.78 is 5.20. The first-order chi connectivity index (χ1) is 7.66. The molecule has 0 atom stereocenters. The number of rotatable bonds is 2. The molecule has 0 fully saturated rings. The summed E-state index contributed by atoms with van der Waals surface area (Å²) in [7, 11) is 1.69. The van der Waals surface area contributed by atoms with E-state index in [-0.39, 0.29) is 11.1 Å². The van der Waals surface area contributed by atoms with Gasteiger partial charge in [-0.15, -0.1) is 0 Å². The van der Waals surface area contributed by atoms with Crippen molar-refractivity contribution in [2.75, 3.05) is 12.0 Å². The quantitative estimate of drug-likeness (QED) is 0.765. The highest BCUT2D eigenvalue weighted by Gasteiger charge is 2.31. The van der Waals surface area contributed by atoms with Gasteiger partial charge in [0.2, 0.25) is 0 Å². The third-order valence-corrected chi connectivity index (χ3v) is 2.67. The second-order valence-corrected chi connectivity index (χ2v) is 6.38. The van der Waals surface area contributed by atoms with Crippen LogP contribution in [0, 0.1) is 0 Å². The number of nitrogens with zero attached hydrogens (tertiary/aromatic N) is 1. The van der Waals surface area contributed by atoms with Crippen LogP contribution >= 0.6 is 0 Å². The molecule has 0 heterocycles. The number of methoxy groups -OCH3 is 1. The molecule has 0 saturated heterocycles. The number of hydrogen-bond acceptors (Lipinski definition) is 2. The van der Waals surface area contributed by atoms with Crippen LogP contribution in [0.15, 0.2) is 24.3 Å². The molecule has 17 heavy (non-hydrogen) atoms. The molecule has 0 bridgehead atoms. The van der Waals surface area contributed by atoms with E-state index in [1.165, 1.54) is 5.69 Å². The average molecular weight is 235 g/mol. The van der Waals surface area contributed by atoms with E-state index in [0.29, 0.717) is 0 Å². The molecule has 0 saturated carbocycles. The summed E-state index contributed by atoms with van der Waals surface area (Å²) in [5.74, 6) is 0.900. The van der Waals surface area contributed by atoms with Crippen molar-refractivity contribution in [1.82, 2.24) is 0 Å². The molecule has 0 unspecified atom stereocenters. The van der Waals surface area contributed by atoms with Gasteiger partial charge >= 0.3 is 0 Å². The van der Waals surface area contributed by atoms with E-state index in [4.69, 9.17) is 4.74 Å². The largest absolute Gasteiger partial charge is 0.497 e. The van der Waals surface area contributed by atoms with Gasteiger partial charge in [0, 0.05) is 16.8 Å². The lowest BCUT2D eigenvalue weighted by molar-refractivity contribution is 0.380. The minimum atomic E-state index is 0.0901. The van der Waals surface area contributed by atoms with Gasteiger partial charge in [0.15, 0.2) is 0 Å². The zero-order chi connectivity index (χ0) is 13.3. The van der Waals surface area contributed by atoms with Gasteiger partial charge in [0.05, 0.1) is 7.11 Å². The lowest BCUT2D eigenvalue weighted by Gasteiger charge is -2.47. The van der Waals surface area contributed by atoms with Crippen LogP contribution in [0.4, 0.5) is 5.69 Å². The molecule has 2 heteroatoms. The van der Waals surface area contributed by atoms with Gasteiger partial charge in [-0.2, -0.15) is 0 Å². The standard InChI is InChI=1S/C15H25NO/c1-14(2,3)16(15(4,5)6)12-8-10-13(17-7)11-9-12/h8-11H,1-7H3. The molecule has 0 radical (unpaired) electrons. The van der Waals surface area contributed by atoms with Crippen LogP contribution in [0.25, 0.3) is 0 Å². The molecule has 0 aliphatic heterocycles. The zero-order valence-corrected chi connectivity index (χ0v) is 12.2. The van der Waals surface area contributed by atoms with E-state index in [9.17, 15) is 0 Å². The summed E-state index contributed by atoms with van der Waals surface area (Å²) in [5.41, 5.74) is 1.41. The predicted molar refractivity (Wildman–Crippen MR) is 75.0 cm³/mol. The van der Waals surface area contributed by atoms with E-state index in [1.54, 1.807) is 7.11 Å². The van der Waals surface area contributed by atoms with Crippen LogP contribution in [0.2, 0.25) is 0 Å². The van der Waals surface area contributed by atoms with E-state index in [2.05, 4.69) is 58.6 Å². The molecule has 0 N–H and O–H groups in total. The first kappa shape index (κ1) is 13.9. The highest BCUT2D eigenvalue weighted by atomic mass is 16.5. The molecule has 0 amide bonds. The summed E-state index contributed by atoms with van der Waals surface area (Å²) in [6.07, 6.45) is 0. The Kier molecular flexibility index (Phi) is 3.75. The van der Waals surface area contributed by atoms with Crippen molar-refractivity contribution in [3.05, 3.63) is 24.3 Å². The minimum Gasteiger partial charge on any atom is -0.497 e. The third kappa shape index (κ3) is 3.39. The number of hydrogen-bond donors (Lipinski definition) is 0. The monoisotopic (exact) mass is 235 g/mol. The van der Waals surface area contributed by atoms with E-state index in [0.717, 1.165) is 5.75 Å². The molecule has 2 nitrogen and oxygen atoms in total. The lowest BCUT2D eigenvalue weighted by atomic mass is 9.95. The molecule has 0 spiro atoms. The van der Waals surface area contributed by atoms with Gasteiger partial charge in [-0.1, -0.05) is 0 Å². The van der Waals surface area contributed by atoms with E-state index < -0.39 is 0 Å². The summed E-state index contributed by atoms with van der Waals surface area (Å²) >= 11 is 0. The van der Waals surface area contributed by atoms with Gasteiger partial charge in [-0.3, -0.25) is 0 Å². The van der Waals surface area contributed by atoms with Crippen molar-refractivity contribution in [3.63, 3.8) is 0 Å². The van der Waals surface area contributed by atoms with Crippen LogP contribution < -0.4 is 9.64 Å². The number of anilines is 1. The molecular weight excluding hydrogens is 210 g/mol. The number of benzene rings is 1. The first-order valence-electron chi connectivity index (χ1n) is 6.10. The van der Waals surface area contributed by atoms with E-state index >= 15 is 0 Å². The lowest BCUT2D eigenvalue weighted by Crippen LogP contribution is -2.53. The van der Waals surface area contributed by atoms with Crippen LogP contribution in [-0.4, -0.2) is 18.2 Å². The molecule has 0 aromatic heterocycles. The molecule has 96 valence electrons. The van der Waals surface area contributed by atoms with Gasteiger partial charge in [0.1, 0.15) is 5.75 Å². The Labute approximate surface area is 106 Å². The van der Waals surface area contributed by atoms with Gasteiger partial charge in [-0.05, 0) is 65.8 Å². The Morgan fingerprint density at radius 3 is 1.53 bits per heavy atom. The highest BCUT2D eigenvalue weighted by Crippen LogP contribution is 2.32. The van der Waals surface area contributed by atoms with Crippen molar-refractivity contribution in [2.45, 2.75) is 52.6 Å². The Balaban J connectivity index is 3.14. The summed E-state index contributed by atoms with van der Waals surface area (Å²) in [5, 5.41) is 0. The Bertz CT molecular complexity index is 340. The molecule has 1 rings (SSSR count). The van der Waals surface area contributed by atoms with Gasteiger partial charge in [0.25, 0.3) is 0 Å². The second kappa shape index (κ2) is 4.59. The summed E-state index contributed by atoms with van der Waals surface area (Å²) in [6.45, 7) is 13.4.